The van der Waals surface area contributed by atoms with Crippen LogP contribution >= 0.6 is 0 Å². The molecule has 1 aliphatic rings. The lowest BCUT2D eigenvalue weighted by molar-refractivity contribution is -0.128. The van der Waals surface area contributed by atoms with Crippen molar-refractivity contribution in [2.75, 3.05) is 6.61 Å². The third-order valence-corrected chi connectivity index (χ3v) is 12.1. The van der Waals surface area contributed by atoms with Crippen LogP contribution in [0.2, 0.25) is 43.8 Å². The largest absolute Gasteiger partial charge is 0.415 e. The number of ketones is 1. The first-order chi connectivity index (χ1) is 11.8. The second-order valence-corrected chi connectivity index (χ2v) is 22.5. The average Bonchev–Trinajstić information content (AvgIpc) is 2.84. The summed E-state index contributed by atoms with van der Waals surface area (Å²) in [4.78, 5) is 13.1. The molecule has 27 heavy (non-hydrogen) atoms. The van der Waals surface area contributed by atoms with Crippen LogP contribution in [-0.4, -0.2) is 40.9 Å². The molecule has 0 aromatic rings. The molecular weight excluding hydrogens is 366 g/mol. The number of rotatable bonds is 7. The third-order valence-electron chi connectivity index (χ3n) is 6.11. The topological polar surface area (TPSA) is 38.3 Å². The fraction of sp³-hybridized carbons (Fsp3) is 0.864. The van der Waals surface area contributed by atoms with Crippen molar-refractivity contribution in [2.24, 2.45) is 11.3 Å². The van der Waals surface area contributed by atoms with E-state index in [4.69, 9.17) is 4.43 Å². The molecule has 5 heteroatoms. The molecule has 1 heterocycles. The van der Waals surface area contributed by atoms with E-state index in [1.165, 1.54) is 5.57 Å². The van der Waals surface area contributed by atoms with E-state index in [0.717, 1.165) is 12.5 Å². The molecule has 0 spiro atoms. The summed E-state index contributed by atoms with van der Waals surface area (Å²) >= 11 is 0. The van der Waals surface area contributed by atoms with Crippen molar-refractivity contribution in [3.63, 3.8) is 0 Å². The standard InChI is InChI=1S/C22H45NO2Si2/c1-16(15-26(8,9)10)18-13-17(14-25-27(11,12)22(5,6)7)23-19(18)20(24)21(2,3)4/h17-19,23H,1,13-15H2,2-12H3/t17-,18+,19+/m1/s1. The Morgan fingerprint density at radius 3 is 2.00 bits per heavy atom. The zero-order valence-electron chi connectivity index (χ0n) is 19.9. The molecule has 0 radical (unpaired) electrons. The molecule has 1 aliphatic heterocycles. The van der Waals surface area contributed by atoms with E-state index in [1.807, 2.05) is 20.8 Å². The molecule has 3 atom stereocenters. The highest BCUT2D eigenvalue weighted by atomic mass is 28.4. The first kappa shape index (κ1) is 24.8. The maximum absolute atomic E-state index is 13.1. The van der Waals surface area contributed by atoms with Crippen LogP contribution in [0.4, 0.5) is 0 Å². The molecular formula is C22H45NO2Si2. The number of hydrogen-bond donors (Lipinski definition) is 1. The Kier molecular flexibility index (Phi) is 7.58. The lowest BCUT2D eigenvalue weighted by Crippen LogP contribution is -2.47. The van der Waals surface area contributed by atoms with Gasteiger partial charge < -0.3 is 9.74 Å². The first-order valence-corrected chi connectivity index (χ1v) is 17.1. The summed E-state index contributed by atoms with van der Waals surface area (Å²) in [6.07, 6.45) is 0.963. The minimum atomic E-state index is -1.79. The van der Waals surface area contributed by atoms with Gasteiger partial charge in [-0.15, -0.1) is 0 Å². The van der Waals surface area contributed by atoms with Crippen LogP contribution in [0.5, 0.6) is 0 Å². The minimum Gasteiger partial charge on any atom is -0.415 e. The van der Waals surface area contributed by atoms with E-state index in [0.29, 0.717) is 12.4 Å². The van der Waals surface area contributed by atoms with Gasteiger partial charge in [-0.3, -0.25) is 4.79 Å². The van der Waals surface area contributed by atoms with Crippen LogP contribution in [0.3, 0.4) is 0 Å². The van der Waals surface area contributed by atoms with E-state index in [-0.39, 0.29) is 28.5 Å². The fourth-order valence-corrected chi connectivity index (χ4v) is 6.14. The number of Topliss-reactive ketones (excluding diaryl/α,β-unsaturated/α-hetero) is 1. The van der Waals surface area contributed by atoms with Gasteiger partial charge in [0.25, 0.3) is 0 Å². The lowest BCUT2D eigenvalue weighted by Gasteiger charge is -2.37. The fourth-order valence-electron chi connectivity index (χ4n) is 3.46. The first-order valence-electron chi connectivity index (χ1n) is 10.5. The predicted molar refractivity (Wildman–Crippen MR) is 124 cm³/mol. The molecule has 0 saturated carbocycles. The second kappa shape index (κ2) is 8.25. The van der Waals surface area contributed by atoms with Gasteiger partial charge in [0.15, 0.2) is 14.1 Å². The number of nitrogens with one attached hydrogen (secondary N) is 1. The highest BCUT2D eigenvalue weighted by Crippen LogP contribution is 2.38. The van der Waals surface area contributed by atoms with Crippen LogP contribution < -0.4 is 5.32 Å². The molecule has 158 valence electrons. The van der Waals surface area contributed by atoms with Crippen molar-refractivity contribution < 1.29 is 9.22 Å². The van der Waals surface area contributed by atoms with Crippen molar-refractivity contribution in [1.82, 2.24) is 5.32 Å². The van der Waals surface area contributed by atoms with Gasteiger partial charge in [-0.2, -0.15) is 0 Å². The smallest absolute Gasteiger partial charge is 0.192 e. The minimum absolute atomic E-state index is 0.123. The predicted octanol–water partition coefficient (Wildman–Crippen LogP) is 5.86. The monoisotopic (exact) mass is 411 g/mol. The summed E-state index contributed by atoms with van der Waals surface area (Å²) in [6.45, 7) is 29.7. The van der Waals surface area contributed by atoms with Crippen molar-refractivity contribution in [3.05, 3.63) is 12.2 Å². The maximum Gasteiger partial charge on any atom is 0.192 e. The summed E-state index contributed by atoms with van der Waals surface area (Å²) in [5, 5.41) is 3.84. The zero-order chi connectivity index (χ0) is 21.4. The van der Waals surface area contributed by atoms with Crippen molar-refractivity contribution in [2.45, 2.75) is 104 Å². The van der Waals surface area contributed by atoms with Gasteiger partial charge in [0.05, 0.1) is 6.04 Å². The molecule has 1 fully saturated rings. The van der Waals surface area contributed by atoms with E-state index in [9.17, 15) is 4.79 Å². The molecule has 0 aliphatic carbocycles. The van der Waals surface area contributed by atoms with Gasteiger partial charge in [-0.25, -0.2) is 0 Å². The van der Waals surface area contributed by atoms with E-state index in [1.54, 1.807) is 0 Å². The normalized spacial score (nSPS) is 24.9. The van der Waals surface area contributed by atoms with Gasteiger partial charge in [-0.1, -0.05) is 73.3 Å². The zero-order valence-corrected chi connectivity index (χ0v) is 21.9. The SMILES string of the molecule is C=C(C[Si](C)(C)C)[C@@H]1C[C@H](CO[Si](C)(C)C(C)(C)C)N[C@@H]1C(=O)C(C)(C)C. The van der Waals surface area contributed by atoms with Gasteiger partial charge in [0.2, 0.25) is 0 Å². The highest BCUT2D eigenvalue weighted by Gasteiger charge is 2.44. The highest BCUT2D eigenvalue weighted by molar-refractivity contribution is 6.76. The van der Waals surface area contributed by atoms with Crippen molar-refractivity contribution >= 4 is 22.2 Å². The molecule has 1 rings (SSSR count). The summed E-state index contributed by atoms with van der Waals surface area (Å²) < 4.78 is 6.46. The van der Waals surface area contributed by atoms with Gasteiger partial charge in [0, 0.05) is 32.1 Å². The number of carbonyl (C=O) groups excluding carboxylic acids is 1. The Labute approximate surface area is 170 Å². The molecule has 1 saturated heterocycles. The molecule has 1 N–H and O–H groups in total. The summed E-state index contributed by atoms with van der Waals surface area (Å²) in [5.74, 6) is 0.538. The van der Waals surface area contributed by atoms with Crippen LogP contribution in [0.25, 0.3) is 0 Å². The van der Waals surface area contributed by atoms with Gasteiger partial charge in [0.1, 0.15) is 0 Å². The lowest BCUT2D eigenvalue weighted by atomic mass is 9.80. The molecule has 0 unspecified atom stereocenters. The summed E-state index contributed by atoms with van der Waals surface area (Å²) in [5.41, 5.74) is 0.920. The molecule has 3 nitrogen and oxygen atoms in total. The number of carbonyl (C=O) groups is 1. The molecule has 0 amide bonds. The molecule has 0 aromatic carbocycles. The number of hydrogen-bond acceptors (Lipinski definition) is 3. The Balaban J connectivity index is 2.94. The van der Waals surface area contributed by atoms with Gasteiger partial charge >= 0.3 is 0 Å². The maximum atomic E-state index is 13.1. The van der Waals surface area contributed by atoms with E-state index < -0.39 is 16.4 Å². The van der Waals surface area contributed by atoms with Crippen LogP contribution in [0.15, 0.2) is 12.2 Å². The molecule has 0 bridgehead atoms. The molecule has 0 aromatic heterocycles. The van der Waals surface area contributed by atoms with Crippen LogP contribution in [-0.2, 0) is 9.22 Å². The van der Waals surface area contributed by atoms with Crippen molar-refractivity contribution in [3.8, 4) is 0 Å². The van der Waals surface area contributed by atoms with Crippen LogP contribution in [0, 0.1) is 11.3 Å². The summed E-state index contributed by atoms with van der Waals surface area (Å²) in [6, 6.07) is 1.20. The second-order valence-electron chi connectivity index (χ2n) is 12.3. The summed E-state index contributed by atoms with van der Waals surface area (Å²) in [7, 11) is -3.04. The van der Waals surface area contributed by atoms with Crippen LogP contribution in [0.1, 0.15) is 48.0 Å². The quantitative estimate of drug-likeness (QED) is 0.421. The average molecular weight is 412 g/mol. The van der Waals surface area contributed by atoms with Gasteiger partial charge in [-0.05, 0) is 30.6 Å². The van der Waals surface area contributed by atoms with Crippen molar-refractivity contribution in [1.29, 1.82) is 0 Å². The third kappa shape index (κ3) is 6.95. The Bertz CT molecular complexity index is 550. The van der Waals surface area contributed by atoms with E-state index >= 15 is 0 Å². The van der Waals surface area contributed by atoms with E-state index in [2.05, 4.69) is 65.4 Å². The Morgan fingerprint density at radius 1 is 1.07 bits per heavy atom. The Hall–Kier alpha value is -0.236. The Morgan fingerprint density at radius 2 is 1.59 bits per heavy atom.